The van der Waals surface area contributed by atoms with Crippen molar-refractivity contribution < 1.29 is 18.8 Å². The first-order chi connectivity index (χ1) is 13.0. The highest BCUT2D eigenvalue weighted by molar-refractivity contribution is 6.61. The van der Waals surface area contributed by atoms with Crippen LogP contribution in [0.25, 0.3) is 11.3 Å². The predicted molar refractivity (Wildman–Crippen MR) is 109 cm³/mol. The van der Waals surface area contributed by atoms with Crippen molar-refractivity contribution in [1.82, 2.24) is 9.55 Å². The van der Waals surface area contributed by atoms with Crippen molar-refractivity contribution in [3.8, 4) is 22.8 Å². The summed E-state index contributed by atoms with van der Waals surface area (Å²) in [7, 11) is 3.96. The Morgan fingerprint density at radius 3 is 2.25 bits per heavy atom. The monoisotopic (exact) mass is 406 g/mol. The Hall–Kier alpha value is -2.03. The van der Waals surface area contributed by atoms with E-state index in [0.29, 0.717) is 22.7 Å². The zero-order chi connectivity index (χ0) is 20.9. The molecule has 1 saturated heterocycles. The van der Waals surface area contributed by atoms with Gasteiger partial charge in [-0.05, 0) is 33.8 Å². The van der Waals surface area contributed by atoms with Crippen LogP contribution < -0.4 is 20.6 Å². The van der Waals surface area contributed by atoms with Gasteiger partial charge in [0.05, 0.1) is 36.0 Å². The summed E-state index contributed by atoms with van der Waals surface area (Å²) in [5.41, 5.74) is -0.296. The van der Waals surface area contributed by atoms with E-state index in [1.54, 1.807) is 25.4 Å². The highest BCUT2D eigenvalue weighted by Gasteiger charge is 2.52. The Labute approximate surface area is 169 Å². The lowest BCUT2D eigenvalue weighted by atomic mass is 9.85. The molecule has 28 heavy (non-hydrogen) atoms. The van der Waals surface area contributed by atoms with Crippen molar-refractivity contribution in [3.63, 3.8) is 0 Å². The fourth-order valence-corrected chi connectivity index (χ4v) is 3.17. The molecule has 9 heteroatoms. The van der Waals surface area contributed by atoms with Crippen LogP contribution >= 0.6 is 11.6 Å². The Morgan fingerprint density at radius 1 is 1.11 bits per heavy atom. The van der Waals surface area contributed by atoms with Crippen molar-refractivity contribution in [2.45, 2.75) is 38.9 Å². The highest BCUT2D eigenvalue weighted by atomic mass is 35.5. The minimum absolute atomic E-state index is 0.164. The van der Waals surface area contributed by atoms with Crippen LogP contribution in [-0.2, 0) is 16.4 Å². The maximum Gasteiger partial charge on any atom is 0.516 e. The fourth-order valence-electron chi connectivity index (χ4n) is 2.89. The van der Waals surface area contributed by atoms with Crippen molar-refractivity contribution in [2.24, 2.45) is 7.05 Å². The molecule has 0 saturated carbocycles. The summed E-state index contributed by atoms with van der Waals surface area (Å²) in [5.74, 6) is 0.891. The number of aryl methyl sites for hydroxylation is 1. The second-order valence-electron chi connectivity index (χ2n) is 7.71. The van der Waals surface area contributed by atoms with Crippen LogP contribution in [0.5, 0.6) is 11.5 Å². The second-order valence-corrected chi connectivity index (χ2v) is 8.09. The summed E-state index contributed by atoms with van der Waals surface area (Å²) >= 11 is 6.47. The molecule has 3 rings (SSSR count). The number of hydrogen-bond donors (Lipinski definition) is 0. The average molecular weight is 407 g/mol. The molecule has 1 aromatic heterocycles. The van der Waals surface area contributed by atoms with Gasteiger partial charge in [0.25, 0.3) is 5.56 Å². The van der Waals surface area contributed by atoms with Gasteiger partial charge in [0, 0.05) is 24.9 Å². The van der Waals surface area contributed by atoms with Crippen molar-refractivity contribution in [2.75, 3.05) is 14.2 Å². The third kappa shape index (κ3) is 3.40. The van der Waals surface area contributed by atoms with Gasteiger partial charge in [-0.2, -0.15) is 0 Å². The minimum Gasteiger partial charge on any atom is -0.497 e. The van der Waals surface area contributed by atoms with Gasteiger partial charge < -0.3 is 23.3 Å². The molecule has 0 radical (unpaired) electrons. The Balaban J connectivity index is 2.16. The third-order valence-corrected chi connectivity index (χ3v) is 5.70. The normalized spacial score (nSPS) is 17.6. The average Bonchev–Trinajstić information content (AvgIpc) is 2.85. The topological polar surface area (TPSA) is 71.8 Å². The number of hydrogen-bond acceptors (Lipinski definition) is 6. The van der Waals surface area contributed by atoms with E-state index in [4.69, 9.17) is 30.4 Å². The van der Waals surface area contributed by atoms with Crippen LogP contribution in [0.3, 0.4) is 0 Å². The molecule has 7 nitrogen and oxygen atoms in total. The molecule has 0 unspecified atom stereocenters. The zero-order valence-corrected chi connectivity index (χ0v) is 17.9. The SMILES string of the molecule is COc1cc(OC)c(Cl)c(-c2nc(B3OC(C)(C)C(C)(C)O3)cn(C)c2=O)c1. The smallest absolute Gasteiger partial charge is 0.497 e. The molecule has 1 fully saturated rings. The first kappa shape index (κ1) is 20.7. The second kappa shape index (κ2) is 7.10. The number of aromatic nitrogens is 2. The summed E-state index contributed by atoms with van der Waals surface area (Å²) in [4.78, 5) is 17.4. The van der Waals surface area contributed by atoms with E-state index in [0.717, 1.165) is 0 Å². The van der Waals surface area contributed by atoms with Gasteiger partial charge in [0.15, 0.2) is 0 Å². The number of ether oxygens (including phenoxy) is 2. The molecule has 2 aromatic rings. The standard InChI is InChI=1S/C19H24BClN2O5/c1-18(2)19(3,4)28-20(27-18)14-10-23(5)17(24)16(22-14)12-8-11(25-6)9-13(26-7)15(12)21/h8-10H,1-7H3. The molecule has 0 atom stereocenters. The molecule has 1 aliphatic heterocycles. The predicted octanol–water partition coefficient (Wildman–Crippen LogP) is 2.42. The molecule has 1 aromatic carbocycles. The maximum absolute atomic E-state index is 12.8. The number of rotatable bonds is 4. The lowest BCUT2D eigenvalue weighted by molar-refractivity contribution is 0.00578. The molecule has 0 aliphatic carbocycles. The Bertz CT molecular complexity index is 958. The number of nitrogens with zero attached hydrogens (tertiary/aromatic N) is 2. The van der Waals surface area contributed by atoms with Crippen molar-refractivity contribution in [3.05, 3.63) is 33.7 Å². The molecular formula is C19H24BClN2O5. The summed E-state index contributed by atoms with van der Waals surface area (Å²) in [5, 5.41) is 0.277. The van der Waals surface area contributed by atoms with E-state index in [2.05, 4.69) is 4.98 Å². The minimum atomic E-state index is -0.707. The Morgan fingerprint density at radius 2 is 1.71 bits per heavy atom. The van der Waals surface area contributed by atoms with Crippen molar-refractivity contribution >= 4 is 24.3 Å². The maximum atomic E-state index is 12.8. The first-order valence-electron chi connectivity index (χ1n) is 8.86. The zero-order valence-electron chi connectivity index (χ0n) is 17.1. The van der Waals surface area contributed by atoms with E-state index in [9.17, 15) is 4.79 Å². The lowest BCUT2D eigenvalue weighted by Gasteiger charge is -2.32. The largest absolute Gasteiger partial charge is 0.516 e. The van der Waals surface area contributed by atoms with Gasteiger partial charge in [-0.1, -0.05) is 11.6 Å². The molecule has 2 heterocycles. The van der Waals surface area contributed by atoms with E-state index in [1.165, 1.54) is 18.8 Å². The van der Waals surface area contributed by atoms with Crippen LogP contribution in [0.2, 0.25) is 5.02 Å². The van der Waals surface area contributed by atoms with Gasteiger partial charge in [-0.3, -0.25) is 4.79 Å². The van der Waals surface area contributed by atoms with Gasteiger partial charge in [0.1, 0.15) is 17.2 Å². The third-order valence-electron chi connectivity index (χ3n) is 5.31. The summed E-state index contributed by atoms with van der Waals surface area (Å²) in [6.45, 7) is 7.83. The molecule has 1 aliphatic rings. The fraction of sp³-hybridized carbons (Fsp3) is 0.474. The summed E-state index contributed by atoms with van der Waals surface area (Å²) < 4.78 is 24.2. The van der Waals surface area contributed by atoms with E-state index >= 15 is 0 Å². The lowest BCUT2D eigenvalue weighted by Crippen LogP contribution is -2.41. The van der Waals surface area contributed by atoms with Gasteiger partial charge >= 0.3 is 7.12 Å². The van der Waals surface area contributed by atoms with Crippen LogP contribution in [0.1, 0.15) is 27.7 Å². The molecular weight excluding hydrogens is 382 g/mol. The van der Waals surface area contributed by atoms with Crippen LogP contribution in [0.15, 0.2) is 23.1 Å². The molecule has 0 spiro atoms. The molecule has 150 valence electrons. The summed E-state index contributed by atoms with van der Waals surface area (Å²) in [6.07, 6.45) is 1.61. The number of halogens is 1. The van der Waals surface area contributed by atoms with Gasteiger partial charge in [-0.25, -0.2) is 4.98 Å². The molecule has 0 N–H and O–H groups in total. The Kier molecular flexibility index (Phi) is 5.25. The quantitative estimate of drug-likeness (QED) is 0.726. The number of methoxy groups -OCH3 is 2. The van der Waals surface area contributed by atoms with Gasteiger partial charge in [-0.15, -0.1) is 0 Å². The van der Waals surface area contributed by atoms with Gasteiger partial charge in [0.2, 0.25) is 0 Å². The first-order valence-corrected chi connectivity index (χ1v) is 9.23. The molecule has 0 amide bonds. The van der Waals surface area contributed by atoms with Crippen LogP contribution in [0.4, 0.5) is 0 Å². The number of benzene rings is 1. The van der Waals surface area contributed by atoms with Crippen LogP contribution in [0, 0.1) is 0 Å². The molecule has 0 bridgehead atoms. The van der Waals surface area contributed by atoms with E-state index in [-0.39, 0.29) is 16.3 Å². The van der Waals surface area contributed by atoms with E-state index in [1.807, 2.05) is 27.7 Å². The van der Waals surface area contributed by atoms with E-state index < -0.39 is 18.3 Å². The van der Waals surface area contributed by atoms with Crippen LogP contribution in [-0.4, -0.2) is 42.1 Å². The summed E-state index contributed by atoms with van der Waals surface area (Å²) in [6, 6.07) is 3.30. The van der Waals surface area contributed by atoms with Crippen molar-refractivity contribution in [1.29, 1.82) is 0 Å². The highest BCUT2D eigenvalue weighted by Crippen LogP contribution is 2.38.